The number of aromatic nitrogens is 3. The number of hydrogen-bond donors (Lipinski definition) is 6. The first-order valence-electron chi connectivity index (χ1n) is 13.5. The van der Waals surface area contributed by atoms with Gasteiger partial charge in [0.15, 0.2) is 29.6 Å². The van der Waals surface area contributed by atoms with Crippen molar-refractivity contribution in [1.29, 1.82) is 5.26 Å². The minimum Gasteiger partial charge on any atom is -0.483 e. The van der Waals surface area contributed by atoms with Gasteiger partial charge in [-0.05, 0) is 42.3 Å². The molecule has 4 rings (SSSR count). The Balaban J connectivity index is 0.00000177. The monoisotopic (exact) mass is 623 g/mol. The van der Waals surface area contributed by atoms with Gasteiger partial charge in [-0.2, -0.15) is 9.65 Å². The Kier molecular flexibility index (Phi) is 12.2. The van der Waals surface area contributed by atoms with Crippen molar-refractivity contribution in [3.8, 4) is 23.1 Å². The molecule has 14 nitrogen and oxygen atoms in total. The number of amides is 2. The number of fused-ring (bicyclic) bond motifs is 1. The van der Waals surface area contributed by atoms with Crippen LogP contribution in [-0.4, -0.2) is 70.0 Å². The molecular formula is C29H31F2N9O5. The van der Waals surface area contributed by atoms with Crippen molar-refractivity contribution >= 4 is 35.4 Å². The van der Waals surface area contributed by atoms with Gasteiger partial charge in [0.25, 0.3) is 12.4 Å². The Morgan fingerprint density at radius 3 is 2.60 bits per heavy atom. The number of hydrogen-bond acceptors (Lipinski definition) is 10. The molecule has 2 aromatic carbocycles. The third kappa shape index (κ3) is 8.25. The molecule has 8 N–H and O–H groups in total. The van der Waals surface area contributed by atoms with E-state index in [2.05, 4.69) is 25.9 Å². The standard InChI is InChI=1S/C28H29F2N9O3.CH2O2/c1-2-16-13-17(3-4-18(16)27(40)35-8-9-36-28(41)20(33)14-32)38-25-26-37-15-21(39(26)11-10-34-25)19-5-6-22(42-12-7-31)24(30)23(19)29;2-1-3/h3-6,10-11,13,15,20H,2,8-9,12,14,32-33H2,1H3,(H,34,38)(H,35,40)(H,36,41);1H,(H,2,3)/t20-;/m0./s1. The summed E-state index contributed by atoms with van der Waals surface area (Å²) in [5, 5.41) is 24.1. The van der Waals surface area contributed by atoms with Crippen LogP contribution in [0, 0.1) is 23.0 Å². The van der Waals surface area contributed by atoms with Crippen molar-refractivity contribution in [3.63, 3.8) is 0 Å². The van der Waals surface area contributed by atoms with E-state index in [-0.39, 0.29) is 54.9 Å². The topological polar surface area (TPSA) is 223 Å². The van der Waals surface area contributed by atoms with Crippen LogP contribution in [0.2, 0.25) is 0 Å². The minimum absolute atomic E-state index is 0.0251. The maximum atomic E-state index is 14.9. The summed E-state index contributed by atoms with van der Waals surface area (Å²) in [6.07, 6.45) is 5.01. The lowest BCUT2D eigenvalue weighted by Gasteiger charge is -2.14. The predicted molar refractivity (Wildman–Crippen MR) is 160 cm³/mol. The van der Waals surface area contributed by atoms with Gasteiger partial charge in [-0.1, -0.05) is 6.92 Å². The average Bonchev–Trinajstić information content (AvgIpc) is 3.48. The lowest BCUT2D eigenvalue weighted by Crippen LogP contribution is -2.47. The maximum absolute atomic E-state index is 14.9. The van der Waals surface area contributed by atoms with Crippen molar-refractivity contribution < 1.29 is 33.0 Å². The second-order valence-electron chi connectivity index (χ2n) is 9.14. The SMILES string of the molecule is CCc1cc(Nc2nccn3c(-c4ccc(OCC#N)c(F)c4F)cnc23)ccc1C(=O)NCCNC(=O)[C@@H](N)CN.O=CO. The molecule has 16 heteroatoms. The Bertz CT molecular complexity index is 1710. The fourth-order valence-corrected chi connectivity index (χ4v) is 4.18. The van der Waals surface area contributed by atoms with Gasteiger partial charge >= 0.3 is 0 Å². The molecule has 1 atom stereocenters. The molecule has 0 aliphatic heterocycles. The van der Waals surface area contributed by atoms with Gasteiger partial charge in [0, 0.05) is 48.8 Å². The Hall–Kier alpha value is -5.66. The number of carbonyl (C=O) groups excluding carboxylic acids is 2. The third-order valence-electron chi connectivity index (χ3n) is 6.34. The molecule has 236 valence electrons. The quantitative estimate of drug-likeness (QED) is 0.0984. The molecule has 45 heavy (non-hydrogen) atoms. The third-order valence-corrected chi connectivity index (χ3v) is 6.34. The van der Waals surface area contributed by atoms with Gasteiger partial charge in [0.05, 0.1) is 17.9 Å². The Labute approximate surface area is 256 Å². The summed E-state index contributed by atoms with van der Waals surface area (Å²) in [7, 11) is 0. The molecule has 0 fully saturated rings. The second-order valence-corrected chi connectivity index (χ2v) is 9.14. The fourth-order valence-electron chi connectivity index (χ4n) is 4.18. The van der Waals surface area contributed by atoms with Crippen LogP contribution in [0.4, 0.5) is 20.3 Å². The van der Waals surface area contributed by atoms with Gasteiger partial charge in [-0.25, -0.2) is 14.4 Å². The zero-order valence-electron chi connectivity index (χ0n) is 24.1. The number of ether oxygens (including phenoxy) is 1. The number of aryl methyl sites for hydroxylation is 1. The number of nitrogens with two attached hydrogens (primary N) is 2. The van der Waals surface area contributed by atoms with E-state index in [1.165, 1.54) is 24.5 Å². The van der Waals surface area contributed by atoms with Crippen molar-refractivity contribution in [1.82, 2.24) is 25.0 Å². The highest BCUT2D eigenvalue weighted by Crippen LogP contribution is 2.32. The largest absolute Gasteiger partial charge is 0.483 e. The smallest absolute Gasteiger partial charge is 0.290 e. The second kappa shape index (κ2) is 16.3. The van der Waals surface area contributed by atoms with Crippen LogP contribution in [0.5, 0.6) is 5.75 Å². The number of nitrogens with zero attached hydrogens (tertiary/aromatic N) is 4. The van der Waals surface area contributed by atoms with Crippen molar-refractivity contribution in [2.24, 2.45) is 11.5 Å². The summed E-state index contributed by atoms with van der Waals surface area (Å²) in [6, 6.07) is 8.70. The van der Waals surface area contributed by atoms with Crippen molar-refractivity contribution in [2.45, 2.75) is 19.4 Å². The van der Waals surface area contributed by atoms with Crippen LogP contribution < -0.4 is 32.2 Å². The molecule has 2 aromatic heterocycles. The first-order valence-corrected chi connectivity index (χ1v) is 13.5. The highest BCUT2D eigenvalue weighted by molar-refractivity contribution is 5.96. The van der Waals surface area contributed by atoms with Crippen LogP contribution in [-0.2, 0) is 16.0 Å². The van der Waals surface area contributed by atoms with Gasteiger partial charge in [0.1, 0.15) is 6.07 Å². The van der Waals surface area contributed by atoms with Gasteiger partial charge in [-0.15, -0.1) is 0 Å². The summed E-state index contributed by atoms with van der Waals surface area (Å²) in [5.41, 5.74) is 13.4. The minimum atomic E-state index is -1.21. The summed E-state index contributed by atoms with van der Waals surface area (Å²) in [4.78, 5) is 41.6. The van der Waals surface area contributed by atoms with Gasteiger partial charge in [-0.3, -0.25) is 18.8 Å². The van der Waals surface area contributed by atoms with Crippen LogP contribution in [0.25, 0.3) is 16.9 Å². The summed E-state index contributed by atoms with van der Waals surface area (Å²) < 4.78 is 36.0. The predicted octanol–water partition coefficient (Wildman–Crippen LogP) is 1.72. The summed E-state index contributed by atoms with van der Waals surface area (Å²) in [6.45, 7) is 1.68. The van der Waals surface area contributed by atoms with Gasteiger partial charge < -0.3 is 37.3 Å². The lowest BCUT2D eigenvalue weighted by molar-refractivity contribution is -0.123. The summed E-state index contributed by atoms with van der Waals surface area (Å²) in [5.74, 6) is -3.04. The number of anilines is 2. The summed E-state index contributed by atoms with van der Waals surface area (Å²) >= 11 is 0. The molecule has 4 aromatic rings. The van der Waals surface area contributed by atoms with E-state index in [1.54, 1.807) is 34.9 Å². The van der Waals surface area contributed by atoms with Crippen LogP contribution in [0.15, 0.2) is 48.9 Å². The van der Waals surface area contributed by atoms with E-state index in [0.717, 1.165) is 5.56 Å². The molecule has 0 saturated heterocycles. The number of carbonyl (C=O) groups is 3. The Morgan fingerprint density at radius 1 is 1.18 bits per heavy atom. The number of rotatable bonds is 12. The zero-order chi connectivity index (χ0) is 32.9. The highest BCUT2D eigenvalue weighted by atomic mass is 19.2. The number of carboxylic acid groups (broad SMARTS) is 1. The van der Waals surface area contributed by atoms with E-state index in [1.807, 2.05) is 6.92 Å². The van der Waals surface area contributed by atoms with Gasteiger partial charge in [0.2, 0.25) is 11.7 Å². The zero-order valence-corrected chi connectivity index (χ0v) is 24.1. The number of nitriles is 1. The number of nitrogens with one attached hydrogen (secondary N) is 3. The molecular weight excluding hydrogens is 592 g/mol. The normalized spacial score (nSPS) is 11.0. The molecule has 0 saturated carbocycles. The molecule has 0 unspecified atom stereocenters. The molecule has 0 aliphatic carbocycles. The Morgan fingerprint density at radius 2 is 1.91 bits per heavy atom. The lowest BCUT2D eigenvalue weighted by atomic mass is 10.0. The fraction of sp³-hybridized carbons (Fsp3) is 0.241. The van der Waals surface area contributed by atoms with E-state index < -0.39 is 24.3 Å². The number of benzene rings is 2. The molecule has 0 bridgehead atoms. The molecule has 0 aliphatic rings. The van der Waals surface area contributed by atoms with E-state index in [0.29, 0.717) is 29.1 Å². The molecule has 2 amide bonds. The van der Waals surface area contributed by atoms with Crippen LogP contribution >= 0.6 is 0 Å². The van der Waals surface area contributed by atoms with Crippen molar-refractivity contribution in [2.75, 3.05) is 31.6 Å². The van der Waals surface area contributed by atoms with E-state index in [4.69, 9.17) is 31.4 Å². The first kappa shape index (κ1) is 33.8. The molecule has 0 radical (unpaired) electrons. The number of imidazole rings is 1. The highest BCUT2D eigenvalue weighted by Gasteiger charge is 2.20. The van der Waals surface area contributed by atoms with E-state index >= 15 is 0 Å². The van der Waals surface area contributed by atoms with E-state index in [9.17, 15) is 18.4 Å². The number of halogens is 2. The van der Waals surface area contributed by atoms with Crippen molar-refractivity contribution in [3.05, 3.63) is 71.7 Å². The molecule has 2 heterocycles. The van der Waals surface area contributed by atoms with Crippen LogP contribution in [0.1, 0.15) is 22.8 Å². The van der Waals surface area contributed by atoms with Crippen LogP contribution in [0.3, 0.4) is 0 Å². The first-order chi connectivity index (χ1) is 21.7. The maximum Gasteiger partial charge on any atom is 0.290 e. The average molecular weight is 624 g/mol. The molecule has 0 spiro atoms.